The summed E-state index contributed by atoms with van der Waals surface area (Å²) in [6, 6.07) is 7.30. The molecule has 0 aliphatic carbocycles. The SMILES string of the molecule is COCC1(C(=O)O)CCN(C(=O)C(c2cccc(Cl)c2)C(C)C)C1. The predicted molar refractivity (Wildman–Crippen MR) is 92.2 cm³/mol. The Labute approximate surface area is 147 Å². The van der Waals surface area contributed by atoms with Gasteiger partial charge in [-0.15, -0.1) is 0 Å². The lowest BCUT2D eigenvalue weighted by Gasteiger charge is -2.28. The molecular formula is C18H24ClNO4. The Morgan fingerprint density at radius 2 is 2.12 bits per heavy atom. The van der Waals surface area contributed by atoms with E-state index >= 15 is 0 Å². The summed E-state index contributed by atoms with van der Waals surface area (Å²) >= 11 is 6.07. The first-order chi connectivity index (χ1) is 11.3. The fourth-order valence-electron chi connectivity index (χ4n) is 3.40. The maximum atomic E-state index is 13.1. The second-order valence-electron chi connectivity index (χ2n) is 6.80. The Hall–Kier alpha value is -1.59. The number of halogens is 1. The van der Waals surface area contributed by atoms with Crippen molar-refractivity contribution >= 4 is 23.5 Å². The third-order valence-corrected chi connectivity index (χ3v) is 4.92. The van der Waals surface area contributed by atoms with Gasteiger partial charge in [-0.05, 0) is 30.0 Å². The van der Waals surface area contributed by atoms with Crippen molar-refractivity contribution in [3.05, 3.63) is 34.9 Å². The van der Waals surface area contributed by atoms with Crippen molar-refractivity contribution < 1.29 is 19.4 Å². The molecule has 132 valence electrons. The first-order valence-corrected chi connectivity index (χ1v) is 8.45. The molecule has 1 fully saturated rings. The number of benzene rings is 1. The molecule has 1 amide bonds. The van der Waals surface area contributed by atoms with Crippen molar-refractivity contribution in [2.45, 2.75) is 26.2 Å². The number of amides is 1. The highest BCUT2D eigenvalue weighted by atomic mass is 35.5. The standard InChI is InChI=1S/C18H24ClNO4/c1-12(2)15(13-5-4-6-14(19)9-13)16(21)20-8-7-18(10-20,11-24-3)17(22)23/h4-6,9,12,15H,7-8,10-11H2,1-3H3,(H,22,23). The lowest BCUT2D eigenvalue weighted by atomic mass is 9.86. The molecule has 1 heterocycles. The highest BCUT2D eigenvalue weighted by Gasteiger charge is 2.47. The molecule has 1 aliphatic rings. The van der Waals surface area contributed by atoms with Gasteiger partial charge in [0.2, 0.25) is 5.91 Å². The zero-order chi connectivity index (χ0) is 17.9. The van der Waals surface area contributed by atoms with Gasteiger partial charge in [-0.3, -0.25) is 9.59 Å². The molecule has 1 aromatic rings. The van der Waals surface area contributed by atoms with Crippen LogP contribution in [0.5, 0.6) is 0 Å². The van der Waals surface area contributed by atoms with E-state index in [2.05, 4.69) is 0 Å². The van der Waals surface area contributed by atoms with Gasteiger partial charge in [-0.1, -0.05) is 37.6 Å². The lowest BCUT2D eigenvalue weighted by molar-refractivity contribution is -0.151. The molecule has 24 heavy (non-hydrogen) atoms. The Morgan fingerprint density at radius 3 is 2.67 bits per heavy atom. The average molecular weight is 354 g/mol. The first-order valence-electron chi connectivity index (χ1n) is 8.07. The molecule has 2 unspecified atom stereocenters. The van der Waals surface area contributed by atoms with Gasteiger partial charge >= 0.3 is 5.97 Å². The van der Waals surface area contributed by atoms with Crippen molar-refractivity contribution in [2.75, 3.05) is 26.8 Å². The Kier molecular flexibility index (Phi) is 5.88. The molecule has 1 N–H and O–H groups in total. The molecule has 0 saturated carbocycles. The Morgan fingerprint density at radius 1 is 1.42 bits per heavy atom. The predicted octanol–water partition coefficient (Wildman–Crippen LogP) is 3.03. The number of carboxylic acids is 1. The summed E-state index contributed by atoms with van der Waals surface area (Å²) in [6.07, 6.45) is 0.405. The monoisotopic (exact) mass is 353 g/mol. The molecule has 2 rings (SSSR count). The van der Waals surface area contributed by atoms with Crippen molar-refractivity contribution in [1.29, 1.82) is 0 Å². The number of rotatable bonds is 6. The smallest absolute Gasteiger partial charge is 0.313 e. The van der Waals surface area contributed by atoms with Gasteiger partial charge in [0, 0.05) is 25.2 Å². The van der Waals surface area contributed by atoms with Crippen molar-refractivity contribution in [3.8, 4) is 0 Å². The number of carboxylic acid groups (broad SMARTS) is 1. The average Bonchev–Trinajstić information content (AvgIpc) is 2.93. The number of carbonyl (C=O) groups is 2. The van der Waals surface area contributed by atoms with Gasteiger partial charge in [0.1, 0.15) is 5.41 Å². The molecule has 1 saturated heterocycles. The van der Waals surface area contributed by atoms with Gasteiger partial charge < -0.3 is 14.7 Å². The number of aliphatic carboxylic acids is 1. The zero-order valence-electron chi connectivity index (χ0n) is 14.3. The fraction of sp³-hybridized carbons (Fsp3) is 0.556. The van der Waals surface area contributed by atoms with E-state index in [1.54, 1.807) is 17.0 Å². The van der Waals surface area contributed by atoms with Crippen LogP contribution < -0.4 is 0 Å². The van der Waals surface area contributed by atoms with Gasteiger partial charge in [0.05, 0.1) is 12.5 Å². The largest absolute Gasteiger partial charge is 0.481 e. The molecule has 5 nitrogen and oxygen atoms in total. The van der Waals surface area contributed by atoms with Crippen molar-refractivity contribution in [3.63, 3.8) is 0 Å². The molecule has 0 radical (unpaired) electrons. The topological polar surface area (TPSA) is 66.8 Å². The Bertz CT molecular complexity index is 619. The molecule has 0 bridgehead atoms. The summed E-state index contributed by atoms with van der Waals surface area (Å²) < 4.78 is 5.09. The molecule has 0 aromatic heterocycles. The van der Waals surface area contributed by atoms with Crippen LogP contribution in [0.3, 0.4) is 0 Å². The van der Waals surface area contributed by atoms with E-state index in [1.165, 1.54) is 7.11 Å². The number of likely N-dealkylation sites (tertiary alicyclic amines) is 1. The lowest BCUT2D eigenvalue weighted by Crippen LogP contribution is -2.42. The number of carbonyl (C=O) groups excluding carboxylic acids is 1. The summed E-state index contributed by atoms with van der Waals surface area (Å²) in [5.41, 5.74) is -0.151. The van der Waals surface area contributed by atoms with E-state index in [0.717, 1.165) is 5.56 Å². The maximum Gasteiger partial charge on any atom is 0.313 e. The summed E-state index contributed by atoms with van der Waals surface area (Å²) in [5.74, 6) is -1.22. The van der Waals surface area contributed by atoms with Crippen LogP contribution in [0.25, 0.3) is 0 Å². The second kappa shape index (κ2) is 7.53. The van der Waals surface area contributed by atoms with Crippen LogP contribution in [-0.4, -0.2) is 48.7 Å². The minimum atomic E-state index is -1.01. The number of hydrogen-bond acceptors (Lipinski definition) is 3. The molecule has 2 atom stereocenters. The third-order valence-electron chi connectivity index (χ3n) is 4.68. The molecule has 0 spiro atoms. The van der Waals surface area contributed by atoms with Crippen LogP contribution in [-0.2, 0) is 14.3 Å². The van der Waals surface area contributed by atoms with Gasteiger partial charge in [0.15, 0.2) is 0 Å². The molecule has 1 aromatic carbocycles. The van der Waals surface area contributed by atoms with Crippen LogP contribution >= 0.6 is 11.6 Å². The maximum absolute atomic E-state index is 13.1. The highest BCUT2D eigenvalue weighted by Crippen LogP contribution is 2.35. The van der Waals surface area contributed by atoms with Gasteiger partial charge in [-0.25, -0.2) is 0 Å². The van der Waals surface area contributed by atoms with E-state index < -0.39 is 11.4 Å². The van der Waals surface area contributed by atoms with Crippen LogP contribution in [0.15, 0.2) is 24.3 Å². The van der Waals surface area contributed by atoms with Crippen LogP contribution in [0.4, 0.5) is 0 Å². The molecular weight excluding hydrogens is 330 g/mol. The van der Waals surface area contributed by atoms with E-state index in [0.29, 0.717) is 18.0 Å². The third kappa shape index (κ3) is 3.73. The summed E-state index contributed by atoms with van der Waals surface area (Å²) in [6.45, 7) is 4.69. The molecule has 6 heteroatoms. The summed E-state index contributed by atoms with van der Waals surface area (Å²) in [4.78, 5) is 26.4. The van der Waals surface area contributed by atoms with E-state index in [9.17, 15) is 14.7 Å². The van der Waals surface area contributed by atoms with Crippen LogP contribution in [0, 0.1) is 11.3 Å². The number of hydrogen-bond donors (Lipinski definition) is 1. The molecule has 1 aliphatic heterocycles. The summed E-state index contributed by atoms with van der Waals surface area (Å²) in [5, 5.41) is 10.1. The fourth-order valence-corrected chi connectivity index (χ4v) is 3.60. The van der Waals surface area contributed by atoms with E-state index in [-0.39, 0.29) is 30.9 Å². The normalized spacial score (nSPS) is 22.0. The van der Waals surface area contributed by atoms with Crippen molar-refractivity contribution in [2.24, 2.45) is 11.3 Å². The van der Waals surface area contributed by atoms with E-state index in [4.69, 9.17) is 16.3 Å². The summed E-state index contributed by atoms with van der Waals surface area (Å²) in [7, 11) is 1.48. The minimum Gasteiger partial charge on any atom is -0.481 e. The number of ether oxygens (including phenoxy) is 1. The second-order valence-corrected chi connectivity index (χ2v) is 7.24. The van der Waals surface area contributed by atoms with E-state index in [1.807, 2.05) is 26.0 Å². The minimum absolute atomic E-state index is 0.0495. The first kappa shape index (κ1) is 18.7. The number of methoxy groups -OCH3 is 1. The quantitative estimate of drug-likeness (QED) is 0.853. The van der Waals surface area contributed by atoms with Crippen LogP contribution in [0.1, 0.15) is 31.7 Å². The number of nitrogens with zero attached hydrogens (tertiary/aromatic N) is 1. The highest BCUT2D eigenvalue weighted by molar-refractivity contribution is 6.30. The van der Waals surface area contributed by atoms with Crippen molar-refractivity contribution in [1.82, 2.24) is 4.90 Å². The van der Waals surface area contributed by atoms with Gasteiger partial charge in [-0.2, -0.15) is 0 Å². The van der Waals surface area contributed by atoms with Gasteiger partial charge in [0.25, 0.3) is 0 Å². The Balaban J connectivity index is 2.24. The van der Waals surface area contributed by atoms with Crippen LogP contribution in [0.2, 0.25) is 5.02 Å². The zero-order valence-corrected chi connectivity index (χ0v) is 15.0.